The molecular formula is C8H13BrN2S. The van der Waals surface area contributed by atoms with Gasteiger partial charge < -0.3 is 4.90 Å². The van der Waals surface area contributed by atoms with Crippen LogP contribution < -0.4 is 0 Å². The maximum Gasteiger partial charge on any atom is 0.0798 e. The van der Waals surface area contributed by atoms with E-state index in [2.05, 4.69) is 39.8 Å². The van der Waals surface area contributed by atoms with Crippen LogP contribution in [0.2, 0.25) is 0 Å². The molecule has 1 rings (SSSR count). The molecule has 0 amide bonds. The number of rotatable bonds is 4. The molecule has 1 aromatic rings. The highest BCUT2D eigenvalue weighted by Crippen LogP contribution is 2.13. The first-order chi connectivity index (χ1) is 5.74. The Morgan fingerprint density at radius 3 is 2.92 bits per heavy atom. The molecule has 0 saturated carbocycles. The average Bonchev–Trinajstić information content (AvgIpc) is 2.37. The van der Waals surface area contributed by atoms with Gasteiger partial charge in [0.2, 0.25) is 0 Å². The Labute approximate surface area is 85.7 Å². The second kappa shape index (κ2) is 4.94. The molecule has 0 unspecified atom stereocenters. The lowest BCUT2D eigenvalue weighted by Gasteiger charge is -2.13. The lowest BCUT2D eigenvalue weighted by molar-refractivity contribution is 0.352. The molecule has 68 valence electrons. The average molecular weight is 249 g/mol. The first-order valence-corrected chi connectivity index (χ1v) is 5.87. The van der Waals surface area contributed by atoms with Gasteiger partial charge in [0.25, 0.3) is 0 Å². The standard InChI is InChI=1S/C8H13BrN2S/c1-7-8(12-6-10-7)5-11(2)4-3-9/h6H,3-5H2,1-2H3. The molecule has 0 aliphatic carbocycles. The van der Waals surface area contributed by atoms with Crippen molar-refractivity contribution < 1.29 is 0 Å². The van der Waals surface area contributed by atoms with Gasteiger partial charge in [0.1, 0.15) is 0 Å². The number of thiazole rings is 1. The molecule has 0 fully saturated rings. The largest absolute Gasteiger partial charge is 0.300 e. The SMILES string of the molecule is Cc1ncsc1CN(C)CCBr. The van der Waals surface area contributed by atoms with Crippen LogP contribution in [-0.2, 0) is 6.54 Å². The van der Waals surface area contributed by atoms with Crippen molar-refractivity contribution in [2.24, 2.45) is 0 Å². The Morgan fingerprint density at radius 2 is 2.42 bits per heavy atom. The Balaban J connectivity index is 2.46. The van der Waals surface area contributed by atoms with Crippen molar-refractivity contribution in [2.75, 3.05) is 18.9 Å². The molecular weight excluding hydrogens is 236 g/mol. The van der Waals surface area contributed by atoms with E-state index in [1.807, 2.05) is 5.51 Å². The summed E-state index contributed by atoms with van der Waals surface area (Å²) in [6.45, 7) is 4.16. The van der Waals surface area contributed by atoms with Crippen molar-refractivity contribution in [2.45, 2.75) is 13.5 Å². The number of aromatic nitrogens is 1. The highest BCUT2D eigenvalue weighted by molar-refractivity contribution is 9.09. The maximum atomic E-state index is 4.21. The maximum absolute atomic E-state index is 4.21. The summed E-state index contributed by atoms with van der Waals surface area (Å²) < 4.78 is 0. The number of nitrogens with zero attached hydrogens (tertiary/aromatic N) is 2. The van der Waals surface area contributed by atoms with Crippen LogP contribution in [0.4, 0.5) is 0 Å². The van der Waals surface area contributed by atoms with Gasteiger partial charge in [-0.3, -0.25) is 0 Å². The predicted octanol–water partition coefficient (Wildman–Crippen LogP) is 2.28. The number of halogens is 1. The fourth-order valence-corrected chi connectivity index (χ4v) is 2.41. The van der Waals surface area contributed by atoms with Gasteiger partial charge in [-0.05, 0) is 14.0 Å². The van der Waals surface area contributed by atoms with Gasteiger partial charge in [-0.25, -0.2) is 4.98 Å². The lowest BCUT2D eigenvalue weighted by Crippen LogP contribution is -2.19. The summed E-state index contributed by atoms with van der Waals surface area (Å²) in [6.07, 6.45) is 0. The van der Waals surface area contributed by atoms with Crippen LogP contribution in [-0.4, -0.2) is 28.8 Å². The Bertz CT molecular complexity index is 237. The van der Waals surface area contributed by atoms with Crippen LogP contribution in [0.15, 0.2) is 5.51 Å². The van der Waals surface area contributed by atoms with E-state index in [1.165, 1.54) is 10.6 Å². The summed E-state index contributed by atoms with van der Waals surface area (Å²) in [5.74, 6) is 0. The van der Waals surface area contributed by atoms with Crippen molar-refractivity contribution in [1.29, 1.82) is 0 Å². The molecule has 4 heteroatoms. The van der Waals surface area contributed by atoms with E-state index < -0.39 is 0 Å². The zero-order valence-electron chi connectivity index (χ0n) is 7.38. The molecule has 0 radical (unpaired) electrons. The minimum atomic E-state index is 1.02. The van der Waals surface area contributed by atoms with Crippen molar-refractivity contribution in [3.63, 3.8) is 0 Å². The van der Waals surface area contributed by atoms with Crippen molar-refractivity contribution in [1.82, 2.24) is 9.88 Å². The zero-order chi connectivity index (χ0) is 8.97. The first kappa shape index (κ1) is 10.2. The van der Waals surface area contributed by atoms with E-state index in [0.29, 0.717) is 0 Å². The van der Waals surface area contributed by atoms with Gasteiger partial charge in [-0.15, -0.1) is 11.3 Å². The highest BCUT2D eigenvalue weighted by atomic mass is 79.9. The topological polar surface area (TPSA) is 16.1 Å². The van der Waals surface area contributed by atoms with Crippen LogP contribution in [0.1, 0.15) is 10.6 Å². The van der Waals surface area contributed by atoms with E-state index in [1.54, 1.807) is 11.3 Å². The van der Waals surface area contributed by atoms with E-state index in [0.717, 1.165) is 18.4 Å². The lowest BCUT2D eigenvalue weighted by atomic mass is 10.4. The monoisotopic (exact) mass is 248 g/mol. The molecule has 2 nitrogen and oxygen atoms in total. The Morgan fingerprint density at radius 1 is 1.67 bits per heavy atom. The van der Waals surface area contributed by atoms with Crippen molar-refractivity contribution in [3.05, 3.63) is 16.1 Å². The second-order valence-electron chi connectivity index (χ2n) is 2.79. The Kier molecular flexibility index (Phi) is 4.18. The van der Waals surface area contributed by atoms with Gasteiger partial charge in [-0.2, -0.15) is 0 Å². The molecule has 0 atom stereocenters. The summed E-state index contributed by atoms with van der Waals surface area (Å²) in [5.41, 5.74) is 3.08. The van der Waals surface area contributed by atoms with Gasteiger partial charge in [0.15, 0.2) is 0 Å². The van der Waals surface area contributed by atoms with Gasteiger partial charge >= 0.3 is 0 Å². The van der Waals surface area contributed by atoms with E-state index >= 15 is 0 Å². The fourth-order valence-electron chi connectivity index (χ4n) is 0.946. The second-order valence-corrected chi connectivity index (χ2v) is 4.52. The zero-order valence-corrected chi connectivity index (χ0v) is 9.78. The van der Waals surface area contributed by atoms with E-state index in [4.69, 9.17) is 0 Å². The molecule has 1 aromatic heterocycles. The molecule has 0 aromatic carbocycles. The minimum Gasteiger partial charge on any atom is -0.300 e. The van der Waals surface area contributed by atoms with Crippen molar-refractivity contribution in [3.8, 4) is 0 Å². The molecule has 0 aliphatic rings. The third kappa shape index (κ3) is 2.84. The number of alkyl halides is 1. The summed E-state index contributed by atoms with van der Waals surface area (Å²) in [7, 11) is 2.13. The normalized spacial score (nSPS) is 11.0. The van der Waals surface area contributed by atoms with Crippen LogP contribution >= 0.6 is 27.3 Å². The predicted molar refractivity (Wildman–Crippen MR) is 57.0 cm³/mol. The molecule has 0 saturated heterocycles. The van der Waals surface area contributed by atoms with Crippen LogP contribution in [0.5, 0.6) is 0 Å². The van der Waals surface area contributed by atoms with Crippen molar-refractivity contribution >= 4 is 27.3 Å². The Hall–Kier alpha value is 0.0700. The molecule has 0 bridgehead atoms. The minimum absolute atomic E-state index is 1.02. The third-order valence-corrected chi connectivity index (χ3v) is 3.00. The highest BCUT2D eigenvalue weighted by Gasteiger charge is 2.04. The number of hydrogen-bond acceptors (Lipinski definition) is 3. The van der Waals surface area contributed by atoms with Gasteiger partial charge in [0, 0.05) is 23.3 Å². The summed E-state index contributed by atoms with van der Waals surface area (Å²) in [4.78, 5) is 7.87. The van der Waals surface area contributed by atoms with Crippen LogP contribution in [0, 0.1) is 6.92 Å². The first-order valence-electron chi connectivity index (χ1n) is 3.87. The van der Waals surface area contributed by atoms with Crippen LogP contribution in [0.25, 0.3) is 0 Å². The third-order valence-electron chi connectivity index (χ3n) is 1.72. The van der Waals surface area contributed by atoms with E-state index in [-0.39, 0.29) is 0 Å². The number of aryl methyl sites for hydroxylation is 1. The summed E-state index contributed by atoms with van der Waals surface area (Å²) >= 11 is 5.15. The fraction of sp³-hybridized carbons (Fsp3) is 0.625. The molecule has 0 N–H and O–H groups in total. The molecule has 0 spiro atoms. The molecule has 0 aliphatic heterocycles. The van der Waals surface area contributed by atoms with E-state index in [9.17, 15) is 0 Å². The molecule has 1 heterocycles. The van der Waals surface area contributed by atoms with Gasteiger partial charge in [-0.1, -0.05) is 15.9 Å². The van der Waals surface area contributed by atoms with Crippen LogP contribution in [0.3, 0.4) is 0 Å². The number of hydrogen-bond donors (Lipinski definition) is 0. The summed E-state index contributed by atoms with van der Waals surface area (Å²) in [5, 5.41) is 1.03. The smallest absolute Gasteiger partial charge is 0.0798 e. The molecule has 12 heavy (non-hydrogen) atoms. The summed E-state index contributed by atoms with van der Waals surface area (Å²) in [6, 6.07) is 0. The quantitative estimate of drug-likeness (QED) is 0.761. The van der Waals surface area contributed by atoms with Gasteiger partial charge in [0.05, 0.1) is 11.2 Å².